The normalized spacial score (nSPS) is 23.5. The Morgan fingerprint density at radius 1 is 1.27 bits per heavy atom. The average molecular weight is 454 g/mol. The van der Waals surface area contributed by atoms with Gasteiger partial charge in [0.2, 0.25) is 5.91 Å². The van der Waals surface area contributed by atoms with Gasteiger partial charge in [-0.3, -0.25) is 19.9 Å². The van der Waals surface area contributed by atoms with Crippen LogP contribution in [-0.4, -0.2) is 68.9 Å². The van der Waals surface area contributed by atoms with Gasteiger partial charge in [-0.15, -0.1) is 0 Å². The minimum absolute atomic E-state index is 0.0661. The standard InChI is InChI=1S/C25H35N5O3/c1-3-29-20(12-17-6-7-18(24(26)27)13-22(17)29)9-8-19-11-16(2)14-30(19)25(33)21-5-4-10-28(21)15-23(31)32/h6-7,12-13,16,19,21H,3-5,8-11,14-15H2,1-2H3,(H3,26,27)(H,31,32)/t16-,19-,21+/m0/s1. The number of aromatic nitrogens is 1. The van der Waals surface area contributed by atoms with Gasteiger partial charge in [-0.25, -0.2) is 0 Å². The summed E-state index contributed by atoms with van der Waals surface area (Å²) in [6, 6.07) is 7.97. The molecule has 0 spiro atoms. The fourth-order valence-electron chi connectivity index (χ4n) is 5.73. The number of fused-ring (bicyclic) bond motifs is 1. The average Bonchev–Trinajstić information content (AvgIpc) is 3.46. The van der Waals surface area contributed by atoms with Crippen LogP contribution in [0.4, 0.5) is 0 Å². The number of nitrogens with one attached hydrogen (secondary N) is 1. The van der Waals surface area contributed by atoms with Gasteiger partial charge in [0.05, 0.1) is 12.6 Å². The van der Waals surface area contributed by atoms with E-state index in [1.165, 1.54) is 5.69 Å². The first kappa shape index (κ1) is 23.3. The molecule has 2 aromatic rings. The number of amides is 1. The molecule has 3 heterocycles. The molecule has 178 valence electrons. The highest BCUT2D eigenvalue weighted by Crippen LogP contribution is 2.31. The van der Waals surface area contributed by atoms with Gasteiger partial charge < -0.3 is 20.3 Å². The Bertz CT molecular complexity index is 1060. The maximum atomic E-state index is 13.4. The maximum Gasteiger partial charge on any atom is 0.317 e. The number of likely N-dealkylation sites (tertiary alicyclic amines) is 2. The number of carbonyl (C=O) groups is 2. The van der Waals surface area contributed by atoms with Crippen LogP contribution < -0.4 is 5.73 Å². The Morgan fingerprint density at radius 2 is 2.06 bits per heavy atom. The Hall–Kier alpha value is -2.87. The maximum absolute atomic E-state index is 13.4. The highest BCUT2D eigenvalue weighted by molar-refractivity contribution is 5.98. The van der Waals surface area contributed by atoms with Crippen LogP contribution in [0.1, 0.15) is 50.8 Å². The molecule has 33 heavy (non-hydrogen) atoms. The van der Waals surface area contributed by atoms with Gasteiger partial charge in [-0.05, 0) is 69.0 Å². The number of aliphatic carboxylic acids is 1. The summed E-state index contributed by atoms with van der Waals surface area (Å²) in [7, 11) is 0. The molecule has 1 aromatic heterocycles. The van der Waals surface area contributed by atoms with Gasteiger partial charge in [0.25, 0.3) is 0 Å². The molecular formula is C25H35N5O3. The number of carboxylic acid groups (broad SMARTS) is 1. The van der Waals surface area contributed by atoms with Gasteiger partial charge in [-0.1, -0.05) is 19.1 Å². The Kier molecular flexibility index (Phi) is 6.74. The van der Waals surface area contributed by atoms with Crippen LogP contribution in [0.5, 0.6) is 0 Å². The molecule has 2 saturated heterocycles. The Labute approximate surface area is 194 Å². The summed E-state index contributed by atoms with van der Waals surface area (Å²) in [6.45, 7) is 6.50. The lowest BCUT2D eigenvalue weighted by Crippen LogP contribution is -2.48. The predicted molar refractivity (Wildman–Crippen MR) is 128 cm³/mol. The molecule has 2 aliphatic rings. The first-order chi connectivity index (χ1) is 15.8. The van der Waals surface area contributed by atoms with E-state index in [0.717, 1.165) is 61.7 Å². The largest absolute Gasteiger partial charge is 0.480 e. The second-order valence-corrected chi connectivity index (χ2v) is 9.61. The molecule has 0 radical (unpaired) electrons. The lowest BCUT2D eigenvalue weighted by Gasteiger charge is -2.31. The van der Waals surface area contributed by atoms with Crippen molar-refractivity contribution in [1.82, 2.24) is 14.4 Å². The fourth-order valence-corrected chi connectivity index (χ4v) is 5.73. The minimum atomic E-state index is -0.874. The van der Waals surface area contributed by atoms with Crippen LogP contribution in [0.3, 0.4) is 0 Å². The van der Waals surface area contributed by atoms with E-state index in [9.17, 15) is 14.7 Å². The van der Waals surface area contributed by atoms with E-state index in [1.54, 1.807) is 0 Å². The van der Waals surface area contributed by atoms with Gasteiger partial charge in [0.1, 0.15) is 5.84 Å². The fraction of sp³-hybridized carbons (Fsp3) is 0.560. The molecule has 1 aromatic carbocycles. The molecular weight excluding hydrogens is 418 g/mol. The molecule has 8 nitrogen and oxygen atoms in total. The van der Waals surface area contributed by atoms with Crippen LogP contribution in [0.2, 0.25) is 0 Å². The first-order valence-electron chi connectivity index (χ1n) is 12.0. The van der Waals surface area contributed by atoms with E-state index in [0.29, 0.717) is 12.5 Å². The van der Waals surface area contributed by atoms with Crippen LogP contribution in [0, 0.1) is 11.3 Å². The Balaban J connectivity index is 1.50. The van der Waals surface area contributed by atoms with Crippen molar-refractivity contribution in [3.63, 3.8) is 0 Å². The second-order valence-electron chi connectivity index (χ2n) is 9.61. The monoisotopic (exact) mass is 453 g/mol. The number of nitrogen functional groups attached to an aromatic ring is 1. The molecule has 3 atom stereocenters. The van der Waals surface area contributed by atoms with Gasteiger partial charge >= 0.3 is 5.97 Å². The summed E-state index contributed by atoms with van der Waals surface area (Å²) in [6.07, 6.45) is 4.35. The number of nitrogens with two attached hydrogens (primary N) is 1. The van der Waals surface area contributed by atoms with E-state index in [2.05, 4.69) is 24.5 Å². The third kappa shape index (κ3) is 4.76. The highest BCUT2D eigenvalue weighted by atomic mass is 16.4. The van der Waals surface area contributed by atoms with Gasteiger partial charge in [-0.2, -0.15) is 0 Å². The molecule has 0 bridgehead atoms. The molecule has 1 amide bonds. The number of hydrogen-bond donors (Lipinski definition) is 3. The quantitative estimate of drug-likeness (QED) is 0.420. The van der Waals surface area contributed by atoms with E-state index in [-0.39, 0.29) is 30.4 Å². The molecule has 0 unspecified atom stereocenters. The van der Waals surface area contributed by atoms with E-state index >= 15 is 0 Å². The smallest absolute Gasteiger partial charge is 0.317 e. The molecule has 2 fully saturated rings. The van der Waals surface area contributed by atoms with Gasteiger partial charge in [0, 0.05) is 35.9 Å². The van der Waals surface area contributed by atoms with Crippen molar-refractivity contribution in [2.45, 2.75) is 64.6 Å². The summed E-state index contributed by atoms with van der Waals surface area (Å²) in [5.41, 5.74) is 8.73. The second kappa shape index (κ2) is 9.55. The van der Waals surface area contributed by atoms with Crippen LogP contribution in [0.25, 0.3) is 10.9 Å². The van der Waals surface area contributed by atoms with Crippen molar-refractivity contribution in [2.24, 2.45) is 11.7 Å². The van der Waals surface area contributed by atoms with Crippen molar-refractivity contribution in [3.05, 3.63) is 35.5 Å². The lowest BCUT2D eigenvalue weighted by atomic mass is 10.0. The zero-order chi connectivity index (χ0) is 23.7. The summed E-state index contributed by atoms with van der Waals surface area (Å²) in [5.74, 6) is -0.254. The number of carboxylic acids is 1. The minimum Gasteiger partial charge on any atom is -0.480 e. The molecule has 8 heteroatoms. The van der Waals surface area contributed by atoms with Crippen LogP contribution in [0.15, 0.2) is 24.3 Å². The summed E-state index contributed by atoms with van der Waals surface area (Å²) < 4.78 is 2.28. The molecule has 0 saturated carbocycles. The first-order valence-corrected chi connectivity index (χ1v) is 12.0. The van der Waals surface area contributed by atoms with E-state index in [1.807, 2.05) is 28.0 Å². The molecule has 2 aliphatic heterocycles. The molecule has 4 N–H and O–H groups in total. The number of aryl methyl sites for hydroxylation is 2. The summed E-state index contributed by atoms with van der Waals surface area (Å²) in [4.78, 5) is 28.5. The number of nitrogens with zero attached hydrogens (tertiary/aromatic N) is 3. The number of amidine groups is 1. The topological polar surface area (TPSA) is 116 Å². The SMILES string of the molecule is CCn1c(CC[C@H]2C[C@H](C)CN2C(=O)[C@H]2CCCN2CC(=O)O)cc2ccc(C(=N)N)cc21. The third-order valence-corrected chi connectivity index (χ3v) is 7.24. The van der Waals surface area contributed by atoms with Crippen molar-refractivity contribution in [2.75, 3.05) is 19.6 Å². The Morgan fingerprint density at radius 3 is 2.76 bits per heavy atom. The molecule has 4 rings (SSSR count). The van der Waals surface area contributed by atoms with Crippen LogP contribution in [-0.2, 0) is 22.6 Å². The number of hydrogen-bond acceptors (Lipinski definition) is 4. The zero-order valence-electron chi connectivity index (χ0n) is 19.6. The summed E-state index contributed by atoms with van der Waals surface area (Å²) in [5, 5.41) is 18.1. The lowest BCUT2D eigenvalue weighted by molar-refractivity contribution is -0.141. The van der Waals surface area contributed by atoms with Crippen molar-refractivity contribution < 1.29 is 14.7 Å². The van der Waals surface area contributed by atoms with Crippen molar-refractivity contribution >= 4 is 28.6 Å². The van der Waals surface area contributed by atoms with Crippen molar-refractivity contribution in [3.8, 4) is 0 Å². The number of carbonyl (C=O) groups excluding carboxylic acids is 1. The van der Waals surface area contributed by atoms with Crippen LogP contribution >= 0.6 is 0 Å². The predicted octanol–water partition coefficient (Wildman–Crippen LogP) is 2.66. The molecule has 0 aliphatic carbocycles. The third-order valence-electron chi connectivity index (χ3n) is 7.24. The number of benzene rings is 1. The van der Waals surface area contributed by atoms with Gasteiger partial charge in [0.15, 0.2) is 0 Å². The highest BCUT2D eigenvalue weighted by Gasteiger charge is 2.40. The van der Waals surface area contributed by atoms with E-state index < -0.39 is 5.97 Å². The summed E-state index contributed by atoms with van der Waals surface area (Å²) >= 11 is 0. The van der Waals surface area contributed by atoms with Crippen molar-refractivity contribution in [1.29, 1.82) is 5.41 Å². The van der Waals surface area contributed by atoms with E-state index in [4.69, 9.17) is 11.1 Å². The zero-order valence-corrected chi connectivity index (χ0v) is 19.6. The number of rotatable bonds is 8.